The molecule has 0 bridgehead atoms. The fraction of sp³-hybridized carbons (Fsp3) is 0.348. The number of allylic oxidation sites excluding steroid dienone is 1. The Bertz CT molecular complexity index is 870. The van der Waals surface area contributed by atoms with E-state index in [4.69, 9.17) is 0 Å². The highest BCUT2D eigenvalue weighted by atomic mass is 32.1. The fourth-order valence-corrected chi connectivity index (χ4v) is 3.11. The Hall–Kier alpha value is -2.54. The highest BCUT2D eigenvalue weighted by molar-refractivity contribution is 7.80. The first-order valence-corrected chi connectivity index (χ1v) is 10.6. The van der Waals surface area contributed by atoms with E-state index in [2.05, 4.69) is 34.2 Å². The summed E-state index contributed by atoms with van der Waals surface area (Å²) in [7, 11) is 0. The van der Waals surface area contributed by atoms with Crippen molar-refractivity contribution < 1.29 is 8.78 Å². The summed E-state index contributed by atoms with van der Waals surface area (Å²) in [5, 5.41) is 0. The van der Waals surface area contributed by atoms with Gasteiger partial charge in [0.15, 0.2) is 0 Å². The van der Waals surface area contributed by atoms with Gasteiger partial charge in [-0.2, -0.15) is 21.4 Å². The highest BCUT2D eigenvalue weighted by Crippen LogP contribution is 2.19. The van der Waals surface area contributed by atoms with Gasteiger partial charge in [-0.05, 0) is 62.4 Å². The molecule has 0 unspecified atom stereocenters. The van der Waals surface area contributed by atoms with Crippen molar-refractivity contribution >= 4 is 30.7 Å². The Labute approximate surface area is 182 Å². The zero-order valence-electron chi connectivity index (χ0n) is 17.2. The number of rotatable bonds is 12. The molecule has 0 N–H and O–H groups in total. The lowest BCUT2D eigenvalue weighted by Gasteiger charge is -2.28. The van der Waals surface area contributed by atoms with Crippen molar-refractivity contribution in [2.45, 2.75) is 32.2 Å². The van der Waals surface area contributed by atoms with Crippen LogP contribution in [0.2, 0.25) is 0 Å². The van der Waals surface area contributed by atoms with Crippen molar-refractivity contribution in [1.82, 2.24) is 9.97 Å². The fourth-order valence-electron chi connectivity index (χ4n) is 2.97. The number of aromatic nitrogens is 2. The Morgan fingerprint density at radius 2 is 2.13 bits per heavy atom. The second-order valence-electron chi connectivity index (χ2n) is 6.75. The molecule has 2 rings (SSSR count). The molecule has 2 aromatic heterocycles. The molecule has 0 aliphatic carbocycles. The van der Waals surface area contributed by atoms with Gasteiger partial charge in [-0.25, -0.2) is 9.97 Å². The molecule has 2 aromatic rings. The van der Waals surface area contributed by atoms with Crippen LogP contribution in [-0.4, -0.2) is 41.1 Å². The first-order valence-electron chi connectivity index (χ1n) is 9.96. The number of anilines is 1. The minimum atomic E-state index is -0.509. The number of hydrogen-bond donors (Lipinski definition) is 1. The van der Waals surface area contributed by atoms with E-state index in [9.17, 15) is 8.78 Å². The molecule has 0 aliphatic rings. The Morgan fingerprint density at radius 3 is 2.83 bits per heavy atom. The summed E-state index contributed by atoms with van der Waals surface area (Å²) in [6.45, 7) is 7.32. The van der Waals surface area contributed by atoms with E-state index >= 15 is 0 Å². The number of hydrogen-bond acceptors (Lipinski definition) is 5. The van der Waals surface area contributed by atoms with Crippen LogP contribution in [0.25, 0.3) is 6.08 Å². The molecule has 1 atom stereocenters. The Morgan fingerprint density at radius 1 is 1.30 bits per heavy atom. The standard InChI is InChI=1S/C23H28F2N4S/c1-3-26-20(17-29(15-8-16-30)22-13-6-12-21(24)28-22)18(2)9-4-5-10-19-11-7-14-27-23(19)25/h3,5-7,10-14,20,30H,2,4,8-9,15-17H2,1H3/b10-5+,26-3?/t20-/m1/s1. The topological polar surface area (TPSA) is 41.4 Å². The summed E-state index contributed by atoms with van der Waals surface area (Å²) in [6, 6.07) is 8.02. The van der Waals surface area contributed by atoms with Gasteiger partial charge in [0, 0.05) is 24.8 Å². The van der Waals surface area contributed by atoms with Gasteiger partial charge in [0.25, 0.3) is 0 Å². The van der Waals surface area contributed by atoms with E-state index in [1.807, 2.05) is 17.9 Å². The smallest absolute Gasteiger partial charge is 0.220 e. The van der Waals surface area contributed by atoms with Gasteiger partial charge in [-0.15, -0.1) is 0 Å². The van der Waals surface area contributed by atoms with Gasteiger partial charge in [0.1, 0.15) is 5.82 Å². The summed E-state index contributed by atoms with van der Waals surface area (Å²) in [5.41, 5.74) is 1.41. The number of thiol groups is 1. The number of pyridine rings is 2. The van der Waals surface area contributed by atoms with E-state index < -0.39 is 11.9 Å². The van der Waals surface area contributed by atoms with Crippen molar-refractivity contribution in [1.29, 1.82) is 0 Å². The number of nitrogens with zero attached hydrogens (tertiary/aromatic N) is 4. The molecule has 0 aliphatic heterocycles. The van der Waals surface area contributed by atoms with Crippen LogP contribution in [-0.2, 0) is 0 Å². The largest absolute Gasteiger partial charge is 0.354 e. The summed E-state index contributed by atoms with van der Waals surface area (Å²) in [4.78, 5) is 14.2. The lowest BCUT2D eigenvalue weighted by atomic mass is 10.0. The van der Waals surface area contributed by atoms with Gasteiger partial charge in [0.2, 0.25) is 11.9 Å². The van der Waals surface area contributed by atoms with Gasteiger partial charge in [-0.1, -0.05) is 30.4 Å². The molecule has 160 valence electrons. The molecule has 0 radical (unpaired) electrons. The lowest BCUT2D eigenvalue weighted by Crippen LogP contribution is -2.34. The average molecular weight is 431 g/mol. The zero-order valence-corrected chi connectivity index (χ0v) is 18.1. The molecule has 0 saturated carbocycles. The maximum Gasteiger partial charge on any atom is 0.220 e. The number of halogens is 2. The van der Waals surface area contributed by atoms with Crippen LogP contribution in [0.3, 0.4) is 0 Å². The van der Waals surface area contributed by atoms with E-state index in [1.54, 1.807) is 36.6 Å². The molecular formula is C23H28F2N4S. The molecular weight excluding hydrogens is 402 g/mol. The first-order chi connectivity index (χ1) is 14.5. The van der Waals surface area contributed by atoms with Crippen molar-refractivity contribution in [3.63, 3.8) is 0 Å². The predicted molar refractivity (Wildman–Crippen MR) is 124 cm³/mol. The summed E-state index contributed by atoms with van der Waals surface area (Å²) in [6.07, 6.45) is 9.07. The summed E-state index contributed by atoms with van der Waals surface area (Å²) >= 11 is 4.29. The highest BCUT2D eigenvalue weighted by Gasteiger charge is 2.17. The van der Waals surface area contributed by atoms with Crippen molar-refractivity contribution in [2.75, 3.05) is 23.7 Å². The molecule has 30 heavy (non-hydrogen) atoms. The third-order valence-corrected chi connectivity index (χ3v) is 4.84. The zero-order chi connectivity index (χ0) is 21.8. The minimum Gasteiger partial charge on any atom is -0.354 e. The third kappa shape index (κ3) is 7.71. The van der Waals surface area contributed by atoms with Crippen molar-refractivity contribution in [2.24, 2.45) is 4.99 Å². The molecule has 2 heterocycles. The molecule has 4 nitrogen and oxygen atoms in total. The lowest BCUT2D eigenvalue weighted by molar-refractivity contribution is 0.577. The van der Waals surface area contributed by atoms with Gasteiger partial charge in [0.05, 0.1) is 6.04 Å². The van der Waals surface area contributed by atoms with Crippen molar-refractivity contribution in [3.8, 4) is 0 Å². The second-order valence-corrected chi connectivity index (χ2v) is 7.19. The van der Waals surface area contributed by atoms with E-state index in [0.717, 1.165) is 17.7 Å². The SMILES string of the molecule is C=C(CC/C=C/c1cccnc1F)[C@@H](CN(CCCS)c1cccc(F)n1)N=CC. The van der Waals surface area contributed by atoms with E-state index in [-0.39, 0.29) is 6.04 Å². The quantitative estimate of drug-likeness (QED) is 0.212. The minimum absolute atomic E-state index is 0.150. The van der Waals surface area contributed by atoms with Crippen LogP contribution in [0.5, 0.6) is 0 Å². The van der Waals surface area contributed by atoms with Crippen molar-refractivity contribution in [3.05, 3.63) is 72.2 Å². The molecule has 0 spiro atoms. The van der Waals surface area contributed by atoms with Crippen LogP contribution in [0.15, 0.2) is 59.7 Å². The molecule has 0 amide bonds. The summed E-state index contributed by atoms with van der Waals surface area (Å²) in [5.74, 6) is 0.311. The monoisotopic (exact) mass is 430 g/mol. The van der Waals surface area contributed by atoms with Gasteiger partial charge in [-0.3, -0.25) is 4.99 Å². The van der Waals surface area contributed by atoms with Crippen LogP contribution >= 0.6 is 12.6 Å². The van der Waals surface area contributed by atoms with Crippen LogP contribution in [0, 0.1) is 11.9 Å². The van der Waals surface area contributed by atoms with Crippen LogP contribution in [0.4, 0.5) is 14.6 Å². The van der Waals surface area contributed by atoms with Gasteiger partial charge < -0.3 is 4.90 Å². The normalized spacial score (nSPS) is 12.5. The Balaban J connectivity index is 2.02. The van der Waals surface area contributed by atoms with Crippen LogP contribution < -0.4 is 4.90 Å². The number of aliphatic imine (C=N–C) groups is 1. The molecule has 0 aromatic carbocycles. The van der Waals surface area contributed by atoms with E-state index in [1.165, 1.54) is 12.3 Å². The average Bonchev–Trinajstić information content (AvgIpc) is 2.74. The van der Waals surface area contributed by atoms with Crippen LogP contribution in [0.1, 0.15) is 31.7 Å². The molecule has 7 heteroatoms. The molecule has 0 saturated heterocycles. The summed E-state index contributed by atoms with van der Waals surface area (Å²) < 4.78 is 27.2. The first kappa shape index (κ1) is 23.7. The maximum absolute atomic E-state index is 13.6. The second kappa shape index (κ2) is 12.9. The Kier molecular flexibility index (Phi) is 10.2. The van der Waals surface area contributed by atoms with E-state index in [0.29, 0.717) is 37.3 Å². The maximum atomic E-state index is 13.6. The van der Waals surface area contributed by atoms with Gasteiger partial charge >= 0.3 is 0 Å². The predicted octanol–water partition coefficient (Wildman–Crippen LogP) is 5.39. The molecule has 0 fully saturated rings. The third-order valence-electron chi connectivity index (χ3n) is 4.52.